The van der Waals surface area contributed by atoms with Crippen molar-refractivity contribution in [2.45, 2.75) is 13.8 Å². The van der Waals surface area contributed by atoms with Crippen molar-refractivity contribution in [2.24, 2.45) is 5.10 Å². The molecule has 35 heavy (non-hydrogen) atoms. The lowest BCUT2D eigenvalue weighted by Crippen LogP contribution is -2.21. The van der Waals surface area contributed by atoms with Crippen LogP contribution in [0.3, 0.4) is 0 Å². The molecule has 10 heteroatoms. The summed E-state index contributed by atoms with van der Waals surface area (Å²) < 4.78 is 10.9. The van der Waals surface area contributed by atoms with Gasteiger partial charge in [-0.05, 0) is 60.9 Å². The standard InChI is InChI=1S/C25H24N4O6/c1-16-6-4-9-21(17(16)2)27-24(30)15-35-22-11-10-18(12-23(22)34-3)14-26-28-25(31)19-7-5-8-20(13-19)29(32)33/h4-14H,15H2,1-3H3,(H,27,30)(H,28,31)/b26-14+. The van der Waals surface area contributed by atoms with E-state index in [2.05, 4.69) is 15.8 Å². The molecule has 0 unspecified atom stereocenters. The van der Waals surface area contributed by atoms with Gasteiger partial charge in [-0.3, -0.25) is 19.7 Å². The van der Waals surface area contributed by atoms with Crippen LogP contribution >= 0.6 is 0 Å². The number of non-ortho nitro benzene ring substituents is 1. The van der Waals surface area contributed by atoms with E-state index in [4.69, 9.17) is 9.47 Å². The van der Waals surface area contributed by atoms with Gasteiger partial charge in [0.2, 0.25) is 0 Å². The highest BCUT2D eigenvalue weighted by atomic mass is 16.6. The summed E-state index contributed by atoms with van der Waals surface area (Å²) in [7, 11) is 1.46. The second kappa shape index (κ2) is 11.4. The summed E-state index contributed by atoms with van der Waals surface area (Å²) in [5.41, 5.74) is 5.61. The van der Waals surface area contributed by atoms with Gasteiger partial charge in [-0.15, -0.1) is 0 Å². The monoisotopic (exact) mass is 476 g/mol. The highest BCUT2D eigenvalue weighted by molar-refractivity contribution is 5.95. The van der Waals surface area contributed by atoms with Gasteiger partial charge in [0.25, 0.3) is 17.5 Å². The molecule has 0 saturated heterocycles. The molecule has 0 aliphatic heterocycles. The van der Waals surface area contributed by atoms with Crippen molar-refractivity contribution < 1.29 is 24.0 Å². The molecule has 3 aromatic carbocycles. The molecule has 2 N–H and O–H groups in total. The molecule has 0 fully saturated rings. The van der Waals surface area contributed by atoms with Gasteiger partial charge in [-0.25, -0.2) is 5.43 Å². The second-order valence-electron chi connectivity index (χ2n) is 7.50. The number of hydrogen-bond acceptors (Lipinski definition) is 7. The summed E-state index contributed by atoms with van der Waals surface area (Å²) in [6, 6.07) is 15.9. The van der Waals surface area contributed by atoms with E-state index in [0.29, 0.717) is 17.1 Å². The van der Waals surface area contributed by atoms with Crippen molar-refractivity contribution in [2.75, 3.05) is 19.0 Å². The zero-order valence-corrected chi connectivity index (χ0v) is 19.4. The first-order valence-corrected chi connectivity index (χ1v) is 10.5. The third kappa shape index (κ3) is 6.64. The highest BCUT2D eigenvalue weighted by Crippen LogP contribution is 2.27. The summed E-state index contributed by atoms with van der Waals surface area (Å²) in [5.74, 6) is -0.165. The summed E-state index contributed by atoms with van der Waals surface area (Å²) in [6.07, 6.45) is 1.38. The Labute approximate surface area is 201 Å². The fraction of sp³-hybridized carbons (Fsp3) is 0.160. The van der Waals surface area contributed by atoms with Crippen LogP contribution in [0, 0.1) is 24.0 Å². The van der Waals surface area contributed by atoms with Crippen molar-refractivity contribution in [3.8, 4) is 11.5 Å². The molecule has 3 rings (SSSR count). The number of aryl methyl sites for hydroxylation is 1. The van der Waals surface area contributed by atoms with Crippen LogP contribution in [0.2, 0.25) is 0 Å². The summed E-state index contributed by atoms with van der Waals surface area (Å²) >= 11 is 0. The van der Waals surface area contributed by atoms with Crippen molar-refractivity contribution in [3.05, 3.63) is 93.0 Å². The first-order valence-electron chi connectivity index (χ1n) is 10.5. The number of carbonyl (C=O) groups excluding carboxylic acids is 2. The molecule has 2 amide bonds. The number of nitrogens with one attached hydrogen (secondary N) is 2. The fourth-order valence-corrected chi connectivity index (χ4v) is 3.09. The number of hydrogen-bond donors (Lipinski definition) is 2. The first kappa shape index (κ1) is 24.9. The maximum absolute atomic E-state index is 12.3. The number of methoxy groups -OCH3 is 1. The lowest BCUT2D eigenvalue weighted by atomic mass is 10.1. The largest absolute Gasteiger partial charge is 0.493 e. The Hall–Kier alpha value is -4.73. The predicted molar refractivity (Wildman–Crippen MR) is 131 cm³/mol. The van der Waals surface area contributed by atoms with E-state index in [1.54, 1.807) is 18.2 Å². The number of rotatable bonds is 9. The van der Waals surface area contributed by atoms with Crippen molar-refractivity contribution in [1.82, 2.24) is 5.43 Å². The van der Waals surface area contributed by atoms with E-state index in [0.717, 1.165) is 22.9 Å². The predicted octanol–water partition coefficient (Wildman–Crippen LogP) is 4.00. The zero-order chi connectivity index (χ0) is 25.4. The van der Waals surface area contributed by atoms with Crippen LogP contribution in [0.15, 0.2) is 65.8 Å². The topological polar surface area (TPSA) is 132 Å². The molecule has 3 aromatic rings. The summed E-state index contributed by atoms with van der Waals surface area (Å²) in [4.78, 5) is 34.8. The van der Waals surface area contributed by atoms with Gasteiger partial charge in [0.15, 0.2) is 18.1 Å². The molecule has 0 aromatic heterocycles. The van der Waals surface area contributed by atoms with Crippen molar-refractivity contribution in [3.63, 3.8) is 0 Å². The third-order valence-electron chi connectivity index (χ3n) is 5.12. The Morgan fingerprint density at radius 2 is 1.83 bits per heavy atom. The van der Waals surface area contributed by atoms with E-state index in [1.807, 2.05) is 32.0 Å². The number of amides is 2. The molecular formula is C25H24N4O6. The first-order chi connectivity index (χ1) is 16.8. The van der Waals surface area contributed by atoms with Gasteiger partial charge in [0, 0.05) is 23.4 Å². The molecule has 0 spiro atoms. The maximum Gasteiger partial charge on any atom is 0.271 e. The van der Waals surface area contributed by atoms with Gasteiger partial charge in [0.1, 0.15) is 0 Å². The highest BCUT2D eigenvalue weighted by Gasteiger charge is 2.12. The van der Waals surface area contributed by atoms with E-state index < -0.39 is 10.8 Å². The van der Waals surface area contributed by atoms with Crippen LogP contribution in [0.4, 0.5) is 11.4 Å². The number of anilines is 1. The zero-order valence-electron chi connectivity index (χ0n) is 19.4. The Morgan fingerprint density at radius 3 is 2.57 bits per heavy atom. The van der Waals surface area contributed by atoms with Gasteiger partial charge in [-0.1, -0.05) is 18.2 Å². The van der Waals surface area contributed by atoms with E-state index in [1.165, 1.54) is 31.5 Å². The minimum Gasteiger partial charge on any atom is -0.493 e. The smallest absolute Gasteiger partial charge is 0.271 e. The molecule has 0 heterocycles. The Balaban J connectivity index is 1.59. The lowest BCUT2D eigenvalue weighted by Gasteiger charge is -2.13. The molecule has 10 nitrogen and oxygen atoms in total. The number of nitrogens with zero attached hydrogens (tertiary/aromatic N) is 2. The van der Waals surface area contributed by atoms with Crippen LogP contribution in [-0.4, -0.2) is 36.7 Å². The third-order valence-corrected chi connectivity index (χ3v) is 5.12. The maximum atomic E-state index is 12.3. The number of nitro groups is 1. The molecule has 0 saturated carbocycles. The summed E-state index contributed by atoms with van der Waals surface area (Å²) in [6.45, 7) is 3.69. The molecule has 0 atom stereocenters. The average Bonchev–Trinajstić information content (AvgIpc) is 2.85. The number of carbonyl (C=O) groups is 2. The molecular weight excluding hydrogens is 452 g/mol. The number of ether oxygens (including phenoxy) is 2. The Bertz CT molecular complexity index is 1290. The van der Waals surface area contributed by atoms with Gasteiger partial charge < -0.3 is 14.8 Å². The van der Waals surface area contributed by atoms with E-state index in [9.17, 15) is 19.7 Å². The minimum atomic E-state index is -0.591. The van der Waals surface area contributed by atoms with Crippen LogP contribution < -0.4 is 20.2 Å². The average molecular weight is 476 g/mol. The normalized spacial score (nSPS) is 10.6. The molecule has 0 radical (unpaired) electrons. The van der Waals surface area contributed by atoms with Crippen LogP contribution in [-0.2, 0) is 4.79 Å². The minimum absolute atomic E-state index is 0.108. The van der Waals surface area contributed by atoms with Crippen molar-refractivity contribution >= 4 is 29.4 Å². The lowest BCUT2D eigenvalue weighted by molar-refractivity contribution is -0.384. The Morgan fingerprint density at radius 1 is 1.06 bits per heavy atom. The Kier molecular flexibility index (Phi) is 8.12. The van der Waals surface area contributed by atoms with Gasteiger partial charge in [0.05, 0.1) is 18.2 Å². The molecule has 0 aliphatic rings. The number of nitro benzene ring substituents is 1. The quantitative estimate of drug-likeness (QED) is 0.273. The van der Waals surface area contributed by atoms with Crippen LogP contribution in [0.25, 0.3) is 0 Å². The van der Waals surface area contributed by atoms with Crippen LogP contribution in [0.5, 0.6) is 11.5 Å². The molecule has 0 bridgehead atoms. The van der Waals surface area contributed by atoms with E-state index >= 15 is 0 Å². The van der Waals surface area contributed by atoms with Gasteiger partial charge in [-0.2, -0.15) is 5.10 Å². The van der Waals surface area contributed by atoms with Gasteiger partial charge >= 0.3 is 0 Å². The second-order valence-corrected chi connectivity index (χ2v) is 7.50. The van der Waals surface area contributed by atoms with Crippen molar-refractivity contribution in [1.29, 1.82) is 0 Å². The summed E-state index contributed by atoms with van der Waals surface area (Å²) in [5, 5.41) is 17.6. The SMILES string of the molecule is COc1cc(/C=N/NC(=O)c2cccc([N+](=O)[O-])c2)ccc1OCC(=O)Nc1cccc(C)c1C. The molecule has 0 aliphatic carbocycles. The number of benzene rings is 3. The van der Waals surface area contributed by atoms with Crippen LogP contribution in [0.1, 0.15) is 27.0 Å². The van der Waals surface area contributed by atoms with E-state index in [-0.39, 0.29) is 23.8 Å². The number of hydrazone groups is 1. The molecule has 180 valence electrons. The fourth-order valence-electron chi connectivity index (χ4n) is 3.09.